The van der Waals surface area contributed by atoms with Gasteiger partial charge in [0.2, 0.25) is 5.91 Å². The second kappa shape index (κ2) is 14.2. The van der Waals surface area contributed by atoms with Crippen LogP contribution in [0.15, 0.2) is 24.8 Å². The van der Waals surface area contributed by atoms with Crippen LogP contribution in [0.1, 0.15) is 58.3 Å². The first-order valence-electron chi connectivity index (χ1n) is 10.1. The Bertz CT molecular complexity index is 516. The molecule has 0 aromatic carbocycles. The smallest absolute Gasteiger partial charge is 0.320 e. The van der Waals surface area contributed by atoms with Gasteiger partial charge in [-0.15, -0.1) is 0 Å². The first kappa shape index (κ1) is 23.1. The van der Waals surface area contributed by atoms with Crippen LogP contribution in [0.4, 0.5) is 0 Å². The minimum Gasteiger partial charge on any atom is -0.463 e. The van der Waals surface area contributed by atoms with Crippen molar-refractivity contribution >= 4 is 17.7 Å². The van der Waals surface area contributed by atoms with Crippen LogP contribution in [0.5, 0.6) is 0 Å². The summed E-state index contributed by atoms with van der Waals surface area (Å²) in [5, 5.41) is 2.79. The van der Waals surface area contributed by atoms with Crippen molar-refractivity contribution in [2.24, 2.45) is 0 Å². The SMILES string of the molecule is C=CC(=O)N1CC[C@@H]1COC(=O)CNCC(=O)/C=C\CCCCCCCC. The maximum atomic E-state index is 11.7. The fraction of sp³-hybridized carbons (Fsp3) is 0.667. The number of ether oxygens (including phenoxy) is 1. The Hall–Kier alpha value is -1.95. The zero-order valence-electron chi connectivity index (χ0n) is 16.6. The normalized spacial score (nSPS) is 16.2. The zero-order chi connectivity index (χ0) is 19.9. The van der Waals surface area contributed by atoms with E-state index in [1.165, 1.54) is 38.2 Å². The molecular formula is C21H34N2O4. The fourth-order valence-corrected chi connectivity index (χ4v) is 2.87. The van der Waals surface area contributed by atoms with E-state index in [9.17, 15) is 14.4 Å². The van der Waals surface area contributed by atoms with E-state index in [0.29, 0.717) is 6.54 Å². The van der Waals surface area contributed by atoms with Gasteiger partial charge in [-0.2, -0.15) is 0 Å². The Balaban J connectivity index is 2.01. The van der Waals surface area contributed by atoms with Gasteiger partial charge in [0.15, 0.2) is 5.78 Å². The lowest BCUT2D eigenvalue weighted by Gasteiger charge is -2.39. The van der Waals surface area contributed by atoms with Gasteiger partial charge in [-0.05, 0) is 31.4 Å². The summed E-state index contributed by atoms with van der Waals surface area (Å²) in [5.74, 6) is -0.606. The van der Waals surface area contributed by atoms with Gasteiger partial charge in [0.1, 0.15) is 6.61 Å². The Kier molecular flexibility index (Phi) is 12.1. The molecule has 1 heterocycles. The highest BCUT2D eigenvalue weighted by atomic mass is 16.5. The number of nitrogens with one attached hydrogen (secondary N) is 1. The number of allylic oxidation sites excluding steroid dienone is 1. The molecule has 0 saturated carbocycles. The van der Waals surface area contributed by atoms with Crippen molar-refractivity contribution in [1.82, 2.24) is 10.2 Å². The molecule has 1 amide bonds. The number of carbonyl (C=O) groups excluding carboxylic acids is 3. The van der Waals surface area contributed by atoms with Crippen LogP contribution in [0, 0.1) is 0 Å². The highest BCUT2D eigenvalue weighted by molar-refractivity contribution is 5.91. The van der Waals surface area contributed by atoms with E-state index in [4.69, 9.17) is 4.74 Å². The summed E-state index contributed by atoms with van der Waals surface area (Å²) in [7, 11) is 0. The lowest BCUT2D eigenvalue weighted by Crippen LogP contribution is -2.53. The number of hydrogen-bond acceptors (Lipinski definition) is 5. The van der Waals surface area contributed by atoms with Crippen LogP contribution in [0.3, 0.4) is 0 Å². The summed E-state index contributed by atoms with van der Waals surface area (Å²) in [6.45, 7) is 6.62. The molecule has 1 saturated heterocycles. The number of likely N-dealkylation sites (tertiary alicyclic amines) is 1. The Morgan fingerprint density at radius 2 is 1.89 bits per heavy atom. The number of ketones is 1. The average Bonchev–Trinajstić information content (AvgIpc) is 2.63. The summed E-state index contributed by atoms with van der Waals surface area (Å²) >= 11 is 0. The molecule has 0 spiro atoms. The van der Waals surface area contributed by atoms with Gasteiger partial charge in [-0.3, -0.25) is 19.7 Å². The van der Waals surface area contributed by atoms with Crippen molar-refractivity contribution in [2.45, 2.75) is 64.3 Å². The molecule has 6 nitrogen and oxygen atoms in total. The molecule has 1 rings (SSSR count). The highest BCUT2D eigenvalue weighted by Gasteiger charge is 2.31. The van der Waals surface area contributed by atoms with Gasteiger partial charge in [0, 0.05) is 6.54 Å². The number of amides is 1. The minimum atomic E-state index is -0.420. The maximum absolute atomic E-state index is 11.7. The Labute approximate surface area is 163 Å². The van der Waals surface area contributed by atoms with Crippen LogP contribution in [0.2, 0.25) is 0 Å². The molecule has 27 heavy (non-hydrogen) atoms. The quantitative estimate of drug-likeness (QED) is 0.269. The van der Waals surface area contributed by atoms with Crippen LogP contribution in [-0.4, -0.2) is 54.8 Å². The van der Waals surface area contributed by atoms with Crippen molar-refractivity contribution in [3.63, 3.8) is 0 Å². The summed E-state index contributed by atoms with van der Waals surface area (Å²) in [4.78, 5) is 36.5. The molecule has 1 N–H and O–H groups in total. The molecule has 0 radical (unpaired) electrons. The molecule has 1 atom stereocenters. The summed E-state index contributed by atoms with van der Waals surface area (Å²) in [6.07, 6.45) is 13.9. The summed E-state index contributed by atoms with van der Waals surface area (Å²) in [5.41, 5.74) is 0. The summed E-state index contributed by atoms with van der Waals surface area (Å²) in [6, 6.07) is -0.0639. The largest absolute Gasteiger partial charge is 0.463 e. The molecule has 152 valence electrons. The first-order chi connectivity index (χ1) is 13.1. The monoisotopic (exact) mass is 378 g/mol. The van der Waals surface area contributed by atoms with Crippen molar-refractivity contribution in [2.75, 3.05) is 26.2 Å². The molecule has 6 heteroatoms. The van der Waals surface area contributed by atoms with Gasteiger partial charge in [-0.1, -0.05) is 51.7 Å². The van der Waals surface area contributed by atoms with E-state index in [1.54, 1.807) is 11.0 Å². The number of hydrogen-bond donors (Lipinski definition) is 1. The number of unbranched alkanes of at least 4 members (excludes halogenated alkanes) is 6. The number of esters is 1. The molecule has 0 aromatic rings. The van der Waals surface area contributed by atoms with Crippen molar-refractivity contribution in [3.8, 4) is 0 Å². The second-order valence-electron chi connectivity index (χ2n) is 6.89. The van der Waals surface area contributed by atoms with E-state index in [-0.39, 0.29) is 37.4 Å². The third-order valence-electron chi connectivity index (χ3n) is 4.64. The van der Waals surface area contributed by atoms with Crippen LogP contribution in [-0.2, 0) is 19.1 Å². The second-order valence-corrected chi connectivity index (χ2v) is 6.89. The van der Waals surface area contributed by atoms with Gasteiger partial charge in [-0.25, -0.2) is 0 Å². The minimum absolute atomic E-state index is 0.0147. The average molecular weight is 379 g/mol. The molecule has 0 aromatic heterocycles. The molecule has 0 bridgehead atoms. The zero-order valence-corrected chi connectivity index (χ0v) is 16.6. The molecule has 1 aliphatic rings. The molecular weight excluding hydrogens is 344 g/mol. The van der Waals surface area contributed by atoms with Crippen molar-refractivity contribution < 1.29 is 19.1 Å². The molecule has 0 aliphatic carbocycles. The lowest BCUT2D eigenvalue weighted by atomic mass is 10.0. The van der Waals surface area contributed by atoms with Gasteiger partial charge in [0.25, 0.3) is 0 Å². The van der Waals surface area contributed by atoms with Crippen LogP contribution >= 0.6 is 0 Å². The first-order valence-corrected chi connectivity index (χ1v) is 10.1. The fourth-order valence-electron chi connectivity index (χ4n) is 2.87. The standard InChI is InChI=1S/C21H34N2O4/c1-3-5-6-7-8-9-10-11-12-19(24)15-22-16-21(26)27-17-18-13-14-23(18)20(25)4-2/h4,11-12,18,22H,2-3,5-10,13-17H2,1H3/b12-11-/t18-/m1/s1. The third-order valence-corrected chi connectivity index (χ3v) is 4.64. The van der Waals surface area contributed by atoms with Crippen LogP contribution < -0.4 is 5.32 Å². The number of nitrogens with zero attached hydrogens (tertiary/aromatic N) is 1. The summed E-state index contributed by atoms with van der Waals surface area (Å²) < 4.78 is 5.15. The predicted molar refractivity (Wildman–Crippen MR) is 106 cm³/mol. The Morgan fingerprint density at radius 1 is 1.15 bits per heavy atom. The van der Waals surface area contributed by atoms with Crippen LogP contribution in [0.25, 0.3) is 0 Å². The van der Waals surface area contributed by atoms with Crippen molar-refractivity contribution in [1.29, 1.82) is 0 Å². The van der Waals surface area contributed by atoms with E-state index in [1.807, 2.05) is 6.08 Å². The van der Waals surface area contributed by atoms with E-state index >= 15 is 0 Å². The van der Waals surface area contributed by atoms with Gasteiger partial charge >= 0.3 is 5.97 Å². The Morgan fingerprint density at radius 3 is 2.56 bits per heavy atom. The topological polar surface area (TPSA) is 75.7 Å². The third kappa shape index (κ3) is 10.1. The molecule has 0 unspecified atom stereocenters. The maximum Gasteiger partial charge on any atom is 0.320 e. The van der Waals surface area contributed by atoms with E-state index < -0.39 is 5.97 Å². The number of rotatable bonds is 15. The predicted octanol–water partition coefficient (Wildman–Crippen LogP) is 2.78. The molecule has 1 aliphatic heterocycles. The van der Waals surface area contributed by atoms with Gasteiger partial charge < -0.3 is 9.64 Å². The molecule has 1 fully saturated rings. The highest BCUT2D eigenvalue weighted by Crippen LogP contribution is 2.17. The van der Waals surface area contributed by atoms with E-state index in [2.05, 4.69) is 18.8 Å². The van der Waals surface area contributed by atoms with Crippen molar-refractivity contribution in [3.05, 3.63) is 24.8 Å². The van der Waals surface area contributed by atoms with Gasteiger partial charge in [0.05, 0.1) is 19.1 Å². The number of carbonyl (C=O) groups is 3. The lowest BCUT2D eigenvalue weighted by molar-refractivity contribution is -0.150. The van der Waals surface area contributed by atoms with E-state index in [0.717, 1.165) is 19.3 Å².